The SMILES string of the molecule is Cc1c(N)cc(N=[N+]=[N-])cc1CN1CCN(C(=O)OC(C)(C)C)CC1. The number of hydrogen-bond acceptors (Lipinski definition) is 5. The minimum absolute atomic E-state index is 0.266. The Morgan fingerprint density at radius 1 is 1.32 bits per heavy atom. The second-order valence-electron chi connectivity index (χ2n) is 7.25. The molecule has 0 saturated carbocycles. The normalized spacial score (nSPS) is 15.6. The zero-order chi connectivity index (χ0) is 18.6. The first kappa shape index (κ1) is 18.9. The Balaban J connectivity index is 1.98. The number of amides is 1. The maximum atomic E-state index is 12.1. The van der Waals surface area contributed by atoms with Crippen molar-refractivity contribution in [1.29, 1.82) is 0 Å². The van der Waals surface area contributed by atoms with Crippen LogP contribution < -0.4 is 5.73 Å². The molecular weight excluding hydrogens is 320 g/mol. The van der Waals surface area contributed by atoms with Gasteiger partial charge in [0.15, 0.2) is 0 Å². The number of nitrogen functional groups attached to an aromatic ring is 1. The van der Waals surface area contributed by atoms with Crippen molar-refractivity contribution in [2.45, 2.75) is 39.8 Å². The number of rotatable bonds is 3. The second kappa shape index (κ2) is 7.63. The van der Waals surface area contributed by atoms with E-state index in [1.54, 1.807) is 11.0 Å². The van der Waals surface area contributed by atoms with Crippen LogP contribution in [-0.2, 0) is 11.3 Å². The molecule has 0 spiro atoms. The standard InChI is InChI=1S/C17H26N6O2/c1-12-13(9-14(20-21-19)10-15(12)18)11-22-5-7-23(8-6-22)16(24)25-17(2,3)4/h9-10H,5-8,11,18H2,1-4H3. The predicted molar refractivity (Wildman–Crippen MR) is 97.5 cm³/mol. The van der Waals surface area contributed by atoms with E-state index in [1.165, 1.54) is 0 Å². The third-order valence-corrected chi connectivity index (χ3v) is 4.12. The highest BCUT2D eigenvalue weighted by Crippen LogP contribution is 2.26. The Kier molecular flexibility index (Phi) is 5.77. The molecule has 0 aliphatic carbocycles. The van der Waals surface area contributed by atoms with Crippen molar-refractivity contribution in [3.8, 4) is 0 Å². The fourth-order valence-corrected chi connectivity index (χ4v) is 2.71. The molecule has 8 nitrogen and oxygen atoms in total. The average molecular weight is 346 g/mol. The number of benzene rings is 1. The van der Waals surface area contributed by atoms with E-state index in [0.29, 0.717) is 31.0 Å². The van der Waals surface area contributed by atoms with Gasteiger partial charge in [0.25, 0.3) is 0 Å². The first-order valence-electron chi connectivity index (χ1n) is 8.34. The Morgan fingerprint density at radius 3 is 2.52 bits per heavy atom. The first-order valence-corrected chi connectivity index (χ1v) is 8.34. The summed E-state index contributed by atoms with van der Waals surface area (Å²) >= 11 is 0. The minimum atomic E-state index is -0.482. The van der Waals surface area contributed by atoms with Crippen LogP contribution >= 0.6 is 0 Å². The van der Waals surface area contributed by atoms with Crippen molar-refractivity contribution in [2.75, 3.05) is 31.9 Å². The Morgan fingerprint density at radius 2 is 1.96 bits per heavy atom. The van der Waals surface area contributed by atoms with Gasteiger partial charge in [0.2, 0.25) is 0 Å². The quantitative estimate of drug-likeness (QED) is 0.390. The van der Waals surface area contributed by atoms with Gasteiger partial charge in [-0.1, -0.05) is 5.11 Å². The summed E-state index contributed by atoms with van der Waals surface area (Å²) in [6.07, 6.45) is -0.266. The highest BCUT2D eigenvalue weighted by molar-refractivity contribution is 5.68. The monoisotopic (exact) mass is 346 g/mol. The number of azide groups is 1. The number of ether oxygens (including phenoxy) is 1. The lowest BCUT2D eigenvalue weighted by atomic mass is 10.0. The molecule has 1 aliphatic heterocycles. The summed E-state index contributed by atoms with van der Waals surface area (Å²) in [6, 6.07) is 3.55. The van der Waals surface area contributed by atoms with Gasteiger partial charge in [0, 0.05) is 49.0 Å². The smallest absolute Gasteiger partial charge is 0.410 e. The van der Waals surface area contributed by atoms with E-state index in [0.717, 1.165) is 24.2 Å². The Bertz CT molecular complexity index is 683. The third-order valence-electron chi connectivity index (χ3n) is 4.12. The fourth-order valence-electron chi connectivity index (χ4n) is 2.71. The zero-order valence-corrected chi connectivity index (χ0v) is 15.3. The lowest BCUT2D eigenvalue weighted by Crippen LogP contribution is -2.49. The summed E-state index contributed by atoms with van der Waals surface area (Å²) in [5, 5.41) is 3.64. The summed E-state index contributed by atoms with van der Waals surface area (Å²) in [5.74, 6) is 0. The van der Waals surface area contributed by atoms with Crippen molar-refractivity contribution in [2.24, 2.45) is 5.11 Å². The number of nitrogens with zero attached hydrogens (tertiary/aromatic N) is 5. The van der Waals surface area contributed by atoms with E-state index in [2.05, 4.69) is 14.9 Å². The van der Waals surface area contributed by atoms with Gasteiger partial charge in [-0.05, 0) is 56.5 Å². The maximum Gasteiger partial charge on any atom is 0.410 e. The molecule has 0 atom stereocenters. The van der Waals surface area contributed by atoms with Crippen LogP contribution in [0.3, 0.4) is 0 Å². The predicted octanol–water partition coefficient (Wildman–Crippen LogP) is 3.57. The molecule has 1 saturated heterocycles. The Hall–Kier alpha value is -2.44. The number of anilines is 1. The van der Waals surface area contributed by atoms with Crippen molar-refractivity contribution in [3.05, 3.63) is 33.7 Å². The highest BCUT2D eigenvalue weighted by Gasteiger charge is 2.26. The van der Waals surface area contributed by atoms with Gasteiger partial charge in [-0.25, -0.2) is 4.79 Å². The van der Waals surface area contributed by atoms with Crippen LogP contribution in [0.1, 0.15) is 31.9 Å². The lowest BCUT2D eigenvalue weighted by Gasteiger charge is -2.35. The van der Waals surface area contributed by atoms with Gasteiger partial charge in [0.05, 0.1) is 0 Å². The van der Waals surface area contributed by atoms with Gasteiger partial charge in [-0.2, -0.15) is 0 Å². The van der Waals surface area contributed by atoms with Gasteiger partial charge in [-0.3, -0.25) is 4.90 Å². The van der Waals surface area contributed by atoms with E-state index in [9.17, 15) is 4.79 Å². The third kappa shape index (κ3) is 5.27. The molecular formula is C17H26N6O2. The summed E-state index contributed by atoms with van der Waals surface area (Å²) < 4.78 is 5.41. The second-order valence-corrected chi connectivity index (χ2v) is 7.25. The van der Waals surface area contributed by atoms with E-state index >= 15 is 0 Å². The van der Waals surface area contributed by atoms with Gasteiger partial charge in [0.1, 0.15) is 5.60 Å². The summed E-state index contributed by atoms with van der Waals surface area (Å²) in [5.41, 5.74) is 17.3. The zero-order valence-electron chi connectivity index (χ0n) is 15.3. The molecule has 0 unspecified atom stereocenters. The van der Waals surface area contributed by atoms with Crippen molar-refractivity contribution in [3.63, 3.8) is 0 Å². The van der Waals surface area contributed by atoms with E-state index in [-0.39, 0.29) is 6.09 Å². The molecule has 136 valence electrons. The number of piperazine rings is 1. The van der Waals surface area contributed by atoms with Crippen LogP contribution in [0.2, 0.25) is 0 Å². The number of hydrogen-bond donors (Lipinski definition) is 1. The molecule has 0 aromatic heterocycles. The molecule has 8 heteroatoms. The number of nitrogens with two attached hydrogens (primary N) is 1. The van der Waals surface area contributed by atoms with Crippen LogP contribution in [0.25, 0.3) is 10.4 Å². The lowest BCUT2D eigenvalue weighted by molar-refractivity contribution is 0.0139. The first-order chi connectivity index (χ1) is 11.7. The summed E-state index contributed by atoms with van der Waals surface area (Å²) in [4.78, 5) is 18.9. The summed E-state index contributed by atoms with van der Waals surface area (Å²) in [7, 11) is 0. The largest absolute Gasteiger partial charge is 0.444 e. The molecule has 1 amide bonds. The van der Waals surface area contributed by atoms with Crippen molar-refractivity contribution < 1.29 is 9.53 Å². The molecule has 2 N–H and O–H groups in total. The molecule has 0 radical (unpaired) electrons. The topological polar surface area (TPSA) is 108 Å². The molecule has 1 aliphatic rings. The fraction of sp³-hybridized carbons (Fsp3) is 0.588. The van der Waals surface area contributed by atoms with Crippen LogP contribution in [0.5, 0.6) is 0 Å². The van der Waals surface area contributed by atoms with Gasteiger partial charge >= 0.3 is 6.09 Å². The molecule has 1 heterocycles. The van der Waals surface area contributed by atoms with Crippen molar-refractivity contribution >= 4 is 17.5 Å². The molecule has 1 fully saturated rings. The van der Waals surface area contributed by atoms with Crippen LogP contribution in [0.4, 0.5) is 16.2 Å². The highest BCUT2D eigenvalue weighted by atomic mass is 16.6. The number of carbonyl (C=O) groups is 1. The van der Waals surface area contributed by atoms with E-state index in [4.69, 9.17) is 16.0 Å². The molecule has 0 bridgehead atoms. The van der Waals surface area contributed by atoms with Gasteiger partial charge in [-0.15, -0.1) is 0 Å². The van der Waals surface area contributed by atoms with Crippen LogP contribution in [-0.4, -0.2) is 47.7 Å². The Labute approximate surface area is 148 Å². The van der Waals surface area contributed by atoms with E-state index in [1.807, 2.05) is 33.8 Å². The summed E-state index contributed by atoms with van der Waals surface area (Å²) in [6.45, 7) is 11.0. The molecule has 25 heavy (non-hydrogen) atoms. The maximum absolute atomic E-state index is 12.1. The minimum Gasteiger partial charge on any atom is -0.444 e. The molecule has 1 aromatic rings. The molecule has 2 rings (SSSR count). The van der Waals surface area contributed by atoms with E-state index < -0.39 is 5.60 Å². The van der Waals surface area contributed by atoms with Crippen LogP contribution in [0, 0.1) is 6.92 Å². The average Bonchev–Trinajstić information content (AvgIpc) is 2.51. The van der Waals surface area contributed by atoms with Gasteiger partial charge < -0.3 is 15.4 Å². The van der Waals surface area contributed by atoms with Crippen molar-refractivity contribution in [1.82, 2.24) is 9.80 Å². The molecule has 1 aromatic carbocycles. The van der Waals surface area contributed by atoms with Crippen LogP contribution in [0.15, 0.2) is 17.2 Å². The number of carbonyl (C=O) groups excluding carboxylic acids is 1.